The van der Waals surface area contributed by atoms with Gasteiger partial charge < -0.3 is 9.47 Å². The molecule has 0 spiro atoms. The monoisotopic (exact) mass is 340 g/mol. The third-order valence-corrected chi connectivity index (χ3v) is 3.89. The highest BCUT2D eigenvalue weighted by atomic mass is 35.7. The van der Waals surface area contributed by atoms with E-state index in [2.05, 4.69) is 0 Å². The summed E-state index contributed by atoms with van der Waals surface area (Å²) in [6.07, 6.45) is 0.0296. The second-order valence-corrected chi connectivity index (χ2v) is 7.11. The Kier molecular flexibility index (Phi) is 6.26. The molecule has 1 rings (SSSR count). The normalized spacial score (nSPS) is 11.7. The summed E-state index contributed by atoms with van der Waals surface area (Å²) in [5.74, 6) is -0.732. The van der Waals surface area contributed by atoms with Crippen LogP contribution in [0.15, 0.2) is 23.1 Å². The first-order valence-electron chi connectivity index (χ1n) is 5.74. The molecule has 0 radical (unpaired) electrons. The molecule has 0 atom stereocenters. The zero-order valence-electron chi connectivity index (χ0n) is 10.9. The van der Waals surface area contributed by atoms with E-state index in [1.807, 2.05) is 13.8 Å². The number of esters is 1. The molecule has 1 aromatic rings. The second-order valence-electron chi connectivity index (χ2n) is 4.13. The molecule has 0 unspecified atom stereocenters. The van der Waals surface area contributed by atoms with E-state index in [0.717, 1.165) is 6.07 Å². The molecule has 112 valence electrons. The summed E-state index contributed by atoms with van der Waals surface area (Å²) in [7, 11) is 1.28. The first-order valence-corrected chi connectivity index (χ1v) is 8.43. The largest absolute Gasteiger partial charge is 0.460 e. The Morgan fingerprint density at radius 2 is 1.95 bits per heavy atom. The summed E-state index contributed by atoms with van der Waals surface area (Å²) >= 11 is 5.83. The predicted octanol–water partition coefficient (Wildman–Crippen LogP) is 2.85. The Labute approximate surface area is 127 Å². The average Bonchev–Trinajstić information content (AvgIpc) is 2.33. The van der Waals surface area contributed by atoms with Gasteiger partial charge >= 0.3 is 5.97 Å². The molecule has 8 heteroatoms. The van der Waals surface area contributed by atoms with Gasteiger partial charge in [-0.1, -0.05) is 11.6 Å². The Hall–Kier alpha value is -0.820. The van der Waals surface area contributed by atoms with Crippen molar-refractivity contribution >= 4 is 37.3 Å². The van der Waals surface area contributed by atoms with Crippen molar-refractivity contribution in [3.8, 4) is 0 Å². The Balaban J connectivity index is 2.77. The Morgan fingerprint density at radius 1 is 1.30 bits per heavy atom. The van der Waals surface area contributed by atoms with Crippen molar-refractivity contribution < 1.29 is 22.7 Å². The predicted molar refractivity (Wildman–Crippen MR) is 75.9 cm³/mol. The zero-order valence-corrected chi connectivity index (χ0v) is 13.3. The van der Waals surface area contributed by atoms with Crippen LogP contribution in [-0.2, 0) is 18.5 Å². The molecular weight excluding hydrogens is 327 g/mol. The van der Waals surface area contributed by atoms with Crippen LogP contribution in [0, 0.1) is 0 Å². The van der Waals surface area contributed by atoms with Crippen molar-refractivity contribution in [3.05, 3.63) is 28.8 Å². The average molecular weight is 341 g/mol. The van der Waals surface area contributed by atoms with Crippen LogP contribution in [0.1, 0.15) is 24.2 Å². The molecule has 0 saturated heterocycles. The van der Waals surface area contributed by atoms with Gasteiger partial charge in [0.15, 0.2) is 0 Å². The number of ether oxygens (including phenoxy) is 2. The van der Waals surface area contributed by atoms with E-state index in [1.54, 1.807) is 0 Å². The Morgan fingerprint density at radius 3 is 2.50 bits per heavy atom. The Bertz CT molecular complexity index is 584. The summed E-state index contributed by atoms with van der Waals surface area (Å²) in [5.41, 5.74) is -0.0575. The van der Waals surface area contributed by atoms with Crippen LogP contribution in [-0.4, -0.2) is 33.7 Å². The van der Waals surface area contributed by atoms with Crippen LogP contribution in [0.4, 0.5) is 0 Å². The van der Waals surface area contributed by atoms with E-state index in [4.69, 9.17) is 31.8 Å². The van der Waals surface area contributed by atoms with E-state index in [9.17, 15) is 13.2 Å². The van der Waals surface area contributed by atoms with E-state index < -0.39 is 15.0 Å². The molecule has 0 aromatic heterocycles. The number of halogens is 2. The van der Waals surface area contributed by atoms with E-state index >= 15 is 0 Å². The molecule has 0 aliphatic heterocycles. The molecule has 0 N–H and O–H groups in total. The van der Waals surface area contributed by atoms with Crippen LogP contribution in [0.2, 0.25) is 5.02 Å². The minimum absolute atomic E-state index is 0.0296. The lowest BCUT2D eigenvalue weighted by molar-refractivity contribution is 0.0177. The molecule has 0 amide bonds. The number of hydrogen-bond acceptors (Lipinski definition) is 5. The lowest BCUT2D eigenvalue weighted by atomic mass is 10.2. The van der Waals surface area contributed by atoms with E-state index in [0.29, 0.717) is 0 Å². The van der Waals surface area contributed by atoms with Crippen LogP contribution < -0.4 is 0 Å². The maximum Gasteiger partial charge on any atom is 0.339 e. The molecule has 0 aliphatic carbocycles. The standard InChI is InChI=1S/C12H14Cl2O5S/c1-8(2)18-5-6-19-12(15)10-7-9(20(14,16)17)3-4-11(10)13/h3-4,7-8H,5-6H2,1-2H3. The first kappa shape index (κ1) is 17.2. The highest BCUT2D eigenvalue weighted by Crippen LogP contribution is 2.23. The summed E-state index contributed by atoms with van der Waals surface area (Å²) < 4.78 is 32.6. The molecule has 1 aromatic carbocycles. The highest BCUT2D eigenvalue weighted by Gasteiger charge is 2.17. The van der Waals surface area contributed by atoms with Crippen LogP contribution in [0.25, 0.3) is 0 Å². The maximum absolute atomic E-state index is 11.8. The van der Waals surface area contributed by atoms with Gasteiger partial charge in [0.05, 0.1) is 28.2 Å². The summed E-state index contributed by atoms with van der Waals surface area (Å²) in [6, 6.07) is 3.57. The second kappa shape index (κ2) is 7.26. The molecular formula is C12H14Cl2O5S. The van der Waals surface area contributed by atoms with Crippen molar-refractivity contribution in [2.45, 2.75) is 24.8 Å². The summed E-state index contributed by atoms with van der Waals surface area (Å²) in [5, 5.41) is 0.0869. The molecule has 20 heavy (non-hydrogen) atoms. The van der Waals surface area contributed by atoms with Gasteiger partial charge in [-0.2, -0.15) is 0 Å². The minimum Gasteiger partial charge on any atom is -0.460 e. The van der Waals surface area contributed by atoms with Crippen molar-refractivity contribution in [1.29, 1.82) is 0 Å². The molecule has 0 fully saturated rings. The quantitative estimate of drug-likeness (QED) is 0.452. The van der Waals surface area contributed by atoms with Gasteiger partial charge in [-0.05, 0) is 32.0 Å². The number of benzene rings is 1. The minimum atomic E-state index is -3.93. The number of rotatable bonds is 6. The first-order chi connectivity index (χ1) is 9.21. The van der Waals surface area contributed by atoms with Gasteiger partial charge in [-0.15, -0.1) is 0 Å². The third-order valence-electron chi connectivity index (χ3n) is 2.21. The molecule has 5 nitrogen and oxygen atoms in total. The number of carbonyl (C=O) groups excluding carboxylic acids is 1. The fourth-order valence-electron chi connectivity index (χ4n) is 1.31. The van der Waals surface area contributed by atoms with E-state index in [1.165, 1.54) is 12.1 Å². The highest BCUT2D eigenvalue weighted by molar-refractivity contribution is 8.13. The summed E-state index contributed by atoms with van der Waals surface area (Å²) in [6.45, 7) is 4.00. The van der Waals surface area contributed by atoms with Crippen LogP contribution in [0.3, 0.4) is 0 Å². The maximum atomic E-state index is 11.8. The number of hydrogen-bond donors (Lipinski definition) is 0. The van der Waals surface area contributed by atoms with Gasteiger partial charge in [0.1, 0.15) is 6.61 Å². The third kappa shape index (κ3) is 5.28. The fourth-order valence-corrected chi connectivity index (χ4v) is 2.28. The SMILES string of the molecule is CC(C)OCCOC(=O)c1cc(S(=O)(=O)Cl)ccc1Cl. The van der Waals surface area contributed by atoms with Gasteiger partial charge in [0, 0.05) is 10.7 Å². The van der Waals surface area contributed by atoms with Crippen molar-refractivity contribution in [1.82, 2.24) is 0 Å². The molecule has 0 heterocycles. The smallest absolute Gasteiger partial charge is 0.339 e. The topological polar surface area (TPSA) is 69.7 Å². The molecule has 0 aliphatic rings. The van der Waals surface area contributed by atoms with Crippen LogP contribution in [0.5, 0.6) is 0 Å². The lowest BCUT2D eigenvalue weighted by Gasteiger charge is -2.09. The molecule has 0 saturated carbocycles. The number of carbonyl (C=O) groups is 1. The van der Waals surface area contributed by atoms with Crippen molar-refractivity contribution in [2.75, 3.05) is 13.2 Å². The van der Waals surface area contributed by atoms with Gasteiger partial charge in [0.2, 0.25) is 0 Å². The van der Waals surface area contributed by atoms with Gasteiger partial charge in [0.25, 0.3) is 9.05 Å². The van der Waals surface area contributed by atoms with Gasteiger partial charge in [-0.3, -0.25) is 0 Å². The van der Waals surface area contributed by atoms with Gasteiger partial charge in [-0.25, -0.2) is 13.2 Å². The zero-order chi connectivity index (χ0) is 15.3. The lowest BCUT2D eigenvalue weighted by Crippen LogP contribution is -2.14. The van der Waals surface area contributed by atoms with Crippen LogP contribution >= 0.6 is 22.3 Å². The van der Waals surface area contributed by atoms with E-state index in [-0.39, 0.29) is 34.8 Å². The molecule has 0 bridgehead atoms. The van der Waals surface area contributed by atoms with Crippen molar-refractivity contribution in [3.63, 3.8) is 0 Å². The summed E-state index contributed by atoms with van der Waals surface area (Å²) in [4.78, 5) is 11.6. The fraction of sp³-hybridized carbons (Fsp3) is 0.417. The van der Waals surface area contributed by atoms with Crippen molar-refractivity contribution in [2.24, 2.45) is 0 Å².